The number of nitrogens with zero attached hydrogens (tertiary/aromatic N) is 1. The van der Waals surface area contributed by atoms with E-state index in [0.717, 1.165) is 24.3 Å². The maximum Gasteiger partial charge on any atom is 0.153 e. The van der Waals surface area contributed by atoms with E-state index in [1.54, 1.807) is 12.1 Å². The lowest BCUT2D eigenvalue weighted by Crippen LogP contribution is -2.09. The van der Waals surface area contributed by atoms with E-state index < -0.39 is 17.3 Å². The number of thiocarbonyl (C=S) groups is 1. The third kappa shape index (κ3) is 4.73. The molecular weight excluding hydrogens is 328 g/mol. The number of halogens is 2. The van der Waals surface area contributed by atoms with Crippen molar-refractivity contribution in [3.63, 3.8) is 0 Å². The van der Waals surface area contributed by atoms with Gasteiger partial charge >= 0.3 is 0 Å². The number of benzene rings is 2. The number of ether oxygens (including phenoxy) is 1. The van der Waals surface area contributed by atoms with Crippen molar-refractivity contribution in [2.45, 2.75) is 26.4 Å². The smallest absolute Gasteiger partial charge is 0.153 e. The van der Waals surface area contributed by atoms with E-state index >= 15 is 0 Å². The largest absolute Gasteiger partial charge is 0.491 e. The minimum absolute atomic E-state index is 0.140. The van der Waals surface area contributed by atoms with E-state index in [1.165, 1.54) is 0 Å². The highest BCUT2D eigenvalue weighted by Gasteiger charge is 2.09. The molecule has 1 atom stereocenters. The van der Waals surface area contributed by atoms with Crippen molar-refractivity contribution < 1.29 is 13.5 Å². The molecule has 0 aliphatic heterocycles. The first-order valence-corrected chi connectivity index (χ1v) is 7.80. The topological polar surface area (TPSA) is 21.6 Å². The van der Waals surface area contributed by atoms with Crippen molar-refractivity contribution >= 4 is 23.1 Å². The molecule has 5 heteroatoms. The van der Waals surface area contributed by atoms with Gasteiger partial charge in [0.25, 0.3) is 0 Å². The SMILES string of the molecule is CCC(C)Oc1ccc(C#Cc2cc(F)c(N=C=S)c(F)c2)cc1. The molecule has 2 rings (SSSR count). The summed E-state index contributed by atoms with van der Waals surface area (Å²) in [4.78, 5) is 3.36. The summed E-state index contributed by atoms with van der Waals surface area (Å²) in [5.41, 5.74) is 0.476. The van der Waals surface area contributed by atoms with Gasteiger partial charge in [-0.1, -0.05) is 18.8 Å². The predicted octanol–water partition coefficient (Wildman–Crippen LogP) is 5.28. The molecule has 2 nitrogen and oxygen atoms in total. The van der Waals surface area contributed by atoms with E-state index in [9.17, 15) is 8.78 Å². The van der Waals surface area contributed by atoms with Gasteiger partial charge in [-0.3, -0.25) is 0 Å². The van der Waals surface area contributed by atoms with Crippen molar-refractivity contribution in [1.82, 2.24) is 0 Å². The summed E-state index contributed by atoms with van der Waals surface area (Å²) in [5.74, 6) is 4.69. The average Bonchev–Trinajstić information content (AvgIpc) is 2.57. The molecule has 0 saturated carbocycles. The Bertz CT molecular complexity index is 808. The summed E-state index contributed by atoms with van der Waals surface area (Å²) >= 11 is 4.36. The van der Waals surface area contributed by atoms with Crippen LogP contribution in [0.1, 0.15) is 31.4 Å². The molecule has 2 aromatic rings. The Hall–Kier alpha value is -2.54. The summed E-state index contributed by atoms with van der Waals surface area (Å²) < 4.78 is 33.1. The van der Waals surface area contributed by atoms with Gasteiger partial charge in [-0.2, -0.15) is 4.99 Å². The van der Waals surface area contributed by atoms with Crippen LogP contribution in [0.15, 0.2) is 41.4 Å². The molecule has 0 amide bonds. The van der Waals surface area contributed by atoms with E-state index in [4.69, 9.17) is 4.74 Å². The fourth-order valence-corrected chi connectivity index (χ4v) is 1.96. The summed E-state index contributed by atoms with van der Waals surface area (Å²) in [6, 6.07) is 9.44. The normalized spacial score (nSPS) is 11.0. The Morgan fingerprint density at radius 1 is 1.08 bits per heavy atom. The molecule has 0 spiro atoms. The third-order valence-corrected chi connectivity index (χ3v) is 3.38. The number of hydrogen-bond acceptors (Lipinski definition) is 3. The zero-order valence-corrected chi connectivity index (χ0v) is 14.1. The van der Waals surface area contributed by atoms with Gasteiger partial charge in [0, 0.05) is 11.1 Å². The molecule has 0 bridgehead atoms. The van der Waals surface area contributed by atoms with Gasteiger partial charge in [-0.25, -0.2) is 8.78 Å². The zero-order chi connectivity index (χ0) is 17.5. The van der Waals surface area contributed by atoms with Crippen LogP contribution in [-0.4, -0.2) is 11.3 Å². The Morgan fingerprint density at radius 2 is 1.67 bits per heavy atom. The lowest BCUT2D eigenvalue weighted by molar-refractivity contribution is 0.217. The van der Waals surface area contributed by atoms with Gasteiger partial charge in [0.1, 0.15) is 11.4 Å². The Balaban J connectivity index is 2.19. The Morgan fingerprint density at radius 3 is 2.21 bits per heavy atom. The van der Waals surface area contributed by atoms with E-state index in [2.05, 4.69) is 29.1 Å². The standard InChI is InChI=1S/C19H15F2NOS/c1-3-13(2)23-16-8-6-14(7-9-16)4-5-15-10-17(20)19(22-12-24)18(21)11-15/h6-11,13H,3H2,1-2H3. The Labute approximate surface area is 145 Å². The maximum atomic E-state index is 13.7. The number of hydrogen-bond donors (Lipinski definition) is 0. The molecule has 0 aliphatic rings. The highest BCUT2D eigenvalue weighted by molar-refractivity contribution is 7.78. The fraction of sp³-hybridized carbons (Fsp3) is 0.211. The van der Waals surface area contributed by atoms with Crippen LogP contribution in [0.4, 0.5) is 14.5 Å². The first-order valence-electron chi connectivity index (χ1n) is 7.39. The molecule has 0 aliphatic carbocycles. The van der Waals surface area contributed by atoms with E-state index in [1.807, 2.05) is 31.1 Å². The maximum absolute atomic E-state index is 13.7. The quantitative estimate of drug-likeness (QED) is 0.428. The number of aliphatic imine (C=N–C) groups is 1. The van der Waals surface area contributed by atoms with Gasteiger partial charge in [-0.15, -0.1) is 0 Å². The van der Waals surface area contributed by atoms with Crippen molar-refractivity contribution in [2.75, 3.05) is 0 Å². The molecule has 0 N–H and O–H groups in total. The van der Waals surface area contributed by atoms with Crippen molar-refractivity contribution in [3.8, 4) is 17.6 Å². The first kappa shape index (κ1) is 17.8. The highest BCUT2D eigenvalue weighted by atomic mass is 32.1. The molecule has 2 aromatic carbocycles. The molecule has 0 fully saturated rings. The second kappa shape index (κ2) is 8.35. The molecule has 1 unspecified atom stereocenters. The van der Waals surface area contributed by atoms with E-state index in [-0.39, 0.29) is 11.7 Å². The van der Waals surface area contributed by atoms with Crippen LogP contribution < -0.4 is 4.74 Å². The minimum Gasteiger partial charge on any atom is -0.491 e. The van der Waals surface area contributed by atoms with Crippen molar-refractivity contribution in [3.05, 3.63) is 59.2 Å². The van der Waals surface area contributed by atoms with Gasteiger partial charge in [0.15, 0.2) is 11.6 Å². The van der Waals surface area contributed by atoms with Crippen LogP contribution in [0.5, 0.6) is 5.75 Å². The van der Waals surface area contributed by atoms with Gasteiger partial charge in [0.2, 0.25) is 0 Å². The Kier molecular flexibility index (Phi) is 6.20. The number of isothiocyanates is 1. The lowest BCUT2D eigenvalue weighted by atomic mass is 10.1. The van der Waals surface area contributed by atoms with Crippen LogP contribution in [-0.2, 0) is 0 Å². The van der Waals surface area contributed by atoms with Crippen LogP contribution in [0.25, 0.3) is 0 Å². The van der Waals surface area contributed by atoms with Crippen LogP contribution >= 0.6 is 12.2 Å². The average molecular weight is 343 g/mol. The molecular formula is C19H15F2NOS. The second-order valence-electron chi connectivity index (χ2n) is 5.10. The van der Waals surface area contributed by atoms with Crippen molar-refractivity contribution in [2.24, 2.45) is 4.99 Å². The lowest BCUT2D eigenvalue weighted by Gasteiger charge is -2.11. The monoisotopic (exact) mass is 343 g/mol. The summed E-state index contributed by atoms with van der Waals surface area (Å²) in [6.07, 6.45) is 1.06. The second-order valence-corrected chi connectivity index (χ2v) is 5.29. The molecule has 0 saturated heterocycles. The zero-order valence-electron chi connectivity index (χ0n) is 13.3. The summed E-state index contributed by atoms with van der Waals surface area (Å²) in [7, 11) is 0. The predicted molar refractivity (Wildman–Crippen MR) is 93.8 cm³/mol. The highest BCUT2D eigenvalue weighted by Crippen LogP contribution is 2.23. The van der Waals surface area contributed by atoms with Crippen LogP contribution in [0, 0.1) is 23.5 Å². The molecule has 0 radical (unpaired) electrons. The van der Waals surface area contributed by atoms with Crippen molar-refractivity contribution in [1.29, 1.82) is 0 Å². The van der Waals surface area contributed by atoms with Gasteiger partial charge < -0.3 is 4.74 Å². The summed E-state index contributed by atoms with van der Waals surface area (Å²) in [6.45, 7) is 4.04. The molecule has 24 heavy (non-hydrogen) atoms. The van der Waals surface area contributed by atoms with Crippen LogP contribution in [0.3, 0.4) is 0 Å². The van der Waals surface area contributed by atoms with Crippen LogP contribution in [0.2, 0.25) is 0 Å². The fourth-order valence-electron chi connectivity index (χ4n) is 1.87. The number of rotatable bonds is 4. The first-order chi connectivity index (χ1) is 11.5. The van der Waals surface area contributed by atoms with E-state index in [0.29, 0.717) is 5.56 Å². The van der Waals surface area contributed by atoms with Gasteiger partial charge in [-0.05, 0) is 62.0 Å². The third-order valence-electron chi connectivity index (χ3n) is 3.29. The summed E-state index contributed by atoms with van der Waals surface area (Å²) in [5, 5.41) is 1.95. The van der Waals surface area contributed by atoms with Gasteiger partial charge in [0.05, 0.1) is 11.3 Å². The minimum atomic E-state index is -0.825. The molecule has 122 valence electrons. The molecule has 0 heterocycles. The molecule has 0 aromatic heterocycles.